The maximum absolute atomic E-state index is 2.54. The van der Waals surface area contributed by atoms with Crippen LogP contribution < -0.4 is 41.2 Å². The molecule has 4 aliphatic rings. The van der Waals surface area contributed by atoms with Crippen LogP contribution in [0.15, 0.2) is 177 Å². The zero-order chi connectivity index (χ0) is 35.1. The van der Waals surface area contributed by atoms with E-state index in [1.165, 1.54) is 105 Å². The average molecular weight is 757 g/mol. The van der Waals surface area contributed by atoms with Crippen LogP contribution in [-0.2, 0) is 0 Å². The minimum absolute atomic E-state index is 0.131. The van der Waals surface area contributed by atoms with Gasteiger partial charge in [-0.3, -0.25) is 0 Å². The average Bonchev–Trinajstić information content (AvgIpc) is 3.80. The van der Waals surface area contributed by atoms with E-state index in [-0.39, 0.29) is 13.4 Å². The van der Waals surface area contributed by atoms with Crippen molar-refractivity contribution in [2.75, 3.05) is 9.80 Å². The molecule has 54 heavy (non-hydrogen) atoms. The molecule has 4 aliphatic heterocycles. The molecule has 0 fully saturated rings. The van der Waals surface area contributed by atoms with Gasteiger partial charge in [-0.15, -0.1) is 22.7 Å². The van der Waals surface area contributed by atoms with E-state index in [1.54, 1.807) is 0 Å². The molecule has 0 saturated carbocycles. The molecule has 0 spiro atoms. The van der Waals surface area contributed by atoms with Crippen LogP contribution in [0.1, 0.15) is 0 Å². The van der Waals surface area contributed by atoms with Crippen LogP contribution in [0.3, 0.4) is 0 Å². The molecule has 0 aliphatic carbocycles. The first-order chi connectivity index (χ1) is 26.8. The monoisotopic (exact) mass is 756 g/mol. The van der Waals surface area contributed by atoms with Gasteiger partial charge in [0, 0.05) is 73.0 Å². The predicted octanol–water partition coefficient (Wildman–Crippen LogP) is 9.64. The Labute approximate surface area is 330 Å². The molecule has 6 heterocycles. The van der Waals surface area contributed by atoms with E-state index >= 15 is 0 Å². The molecule has 0 amide bonds. The summed E-state index contributed by atoms with van der Waals surface area (Å²) in [4.78, 5) is 10.6. The van der Waals surface area contributed by atoms with Crippen molar-refractivity contribution < 1.29 is 0 Å². The lowest BCUT2D eigenvalue weighted by atomic mass is 9.34. The fraction of sp³-hybridized carbons (Fsp3) is 0. The van der Waals surface area contributed by atoms with E-state index < -0.39 is 0 Å². The van der Waals surface area contributed by atoms with Crippen LogP contribution in [-0.4, -0.2) is 13.4 Å². The van der Waals surface area contributed by atoms with Gasteiger partial charge in [0.05, 0.1) is 5.69 Å². The summed E-state index contributed by atoms with van der Waals surface area (Å²) in [5, 5.41) is 2.70. The van der Waals surface area contributed by atoms with E-state index in [4.69, 9.17) is 0 Å². The molecule has 0 N–H and O–H groups in total. The minimum atomic E-state index is 0.131. The van der Waals surface area contributed by atoms with Crippen molar-refractivity contribution in [2.24, 2.45) is 0 Å². The third-order valence-corrected chi connectivity index (χ3v) is 16.6. The summed E-state index contributed by atoms with van der Waals surface area (Å²) < 4.78 is 5.61. The van der Waals surface area contributed by atoms with E-state index in [1.807, 2.05) is 46.2 Å². The third kappa shape index (κ3) is 3.96. The van der Waals surface area contributed by atoms with Crippen molar-refractivity contribution in [2.45, 2.75) is 19.6 Å². The Morgan fingerprint density at radius 3 is 1.69 bits per heavy atom. The maximum Gasteiger partial charge on any atom is 0.263 e. The second-order valence-corrected chi connectivity index (χ2v) is 18.6. The SMILES string of the molecule is c1ccc(N2c3cccc4c3B(c3sc5ccccc5c3S4)c3c2ccc2c3Sc3cccc4c3B2c2sc3ccccc3c2N4c2ccccc2)cc1. The highest BCUT2D eigenvalue weighted by atomic mass is 32.2. The number of hydrogen-bond donors (Lipinski definition) is 0. The maximum atomic E-state index is 2.54. The van der Waals surface area contributed by atoms with Gasteiger partial charge in [0.1, 0.15) is 0 Å². The Bertz CT molecular complexity index is 3050. The van der Waals surface area contributed by atoms with Crippen LogP contribution in [0.2, 0.25) is 0 Å². The Balaban J connectivity index is 1.13. The molecule has 7 aromatic carbocycles. The first-order valence-electron chi connectivity index (χ1n) is 18.3. The highest BCUT2D eigenvalue weighted by molar-refractivity contribution is 8.01. The number of benzene rings is 7. The van der Waals surface area contributed by atoms with Crippen LogP contribution in [0, 0.1) is 0 Å². The van der Waals surface area contributed by atoms with Gasteiger partial charge >= 0.3 is 0 Å². The highest BCUT2D eigenvalue weighted by Crippen LogP contribution is 2.49. The standard InChI is InChI=1S/C46H26B2N2S4/c1-3-13-27(14-4-1)49-32-19-11-24-38-40(32)48(46-43(51-38)30-18-8-10-22-36(30)54-46)41-34(49)26-25-31-44(41)52-37-23-12-20-33-39(37)47(31)45-42(29-17-7-9-21-35(29)53-45)50(33)28-15-5-2-6-16-28/h1-26H. The number of thiophene rings is 2. The van der Waals surface area contributed by atoms with Gasteiger partial charge in [-0.1, -0.05) is 120 Å². The first-order valence-corrected chi connectivity index (χ1v) is 21.6. The van der Waals surface area contributed by atoms with Gasteiger partial charge in [-0.2, -0.15) is 0 Å². The topological polar surface area (TPSA) is 6.48 Å². The number of rotatable bonds is 2. The molecule has 0 saturated heterocycles. The third-order valence-electron chi connectivity index (χ3n) is 11.6. The smallest absolute Gasteiger partial charge is 0.263 e. The fourth-order valence-corrected chi connectivity index (χ4v) is 14.8. The minimum Gasteiger partial charge on any atom is -0.311 e. The largest absolute Gasteiger partial charge is 0.311 e. The van der Waals surface area contributed by atoms with Gasteiger partial charge < -0.3 is 9.80 Å². The van der Waals surface area contributed by atoms with Crippen LogP contribution in [0.25, 0.3) is 20.2 Å². The Morgan fingerprint density at radius 1 is 0.389 bits per heavy atom. The Morgan fingerprint density at radius 2 is 0.944 bits per heavy atom. The lowest BCUT2D eigenvalue weighted by molar-refractivity contribution is 1.26. The van der Waals surface area contributed by atoms with E-state index in [9.17, 15) is 0 Å². The van der Waals surface area contributed by atoms with Gasteiger partial charge in [0.25, 0.3) is 13.4 Å². The molecule has 0 bridgehead atoms. The van der Waals surface area contributed by atoms with E-state index in [0.29, 0.717) is 0 Å². The number of fused-ring (bicyclic) bond motifs is 13. The number of para-hydroxylation sites is 2. The van der Waals surface area contributed by atoms with Crippen LogP contribution in [0.5, 0.6) is 0 Å². The van der Waals surface area contributed by atoms with Crippen molar-refractivity contribution in [1.29, 1.82) is 0 Å². The molecule has 2 aromatic heterocycles. The van der Waals surface area contributed by atoms with Crippen molar-refractivity contribution in [3.63, 3.8) is 0 Å². The molecule has 0 unspecified atom stereocenters. The fourth-order valence-electron chi connectivity index (χ4n) is 9.45. The lowest BCUT2D eigenvalue weighted by Gasteiger charge is -2.43. The summed E-state index contributed by atoms with van der Waals surface area (Å²) in [5.74, 6) is 0. The zero-order valence-electron chi connectivity index (χ0n) is 28.7. The predicted molar refractivity (Wildman–Crippen MR) is 237 cm³/mol. The molecular formula is C46H26B2N2S4. The zero-order valence-corrected chi connectivity index (χ0v) is 32.0. The number of nitrogens with zero attached hydrogens (tertiary/aromatic N) is 2. The second kappa shape index (κ2) is 11.2. The molecular weight excluding hydrogens is 730 g/mol. The number of hydrogen-bond acceptors (Lipinski definition) is 6. The van der Waals surface area contributed by atoms with Gasteiger partial charge in [-0.05, 0) is 87.9 Å². The van der Waals surface area contributed by atoms with Crippen LogP contribution in [0.4, 0.5) is 34.1 Å². The summed E-state index contributed by atoms with van der Waals surface area (Å²) in [7, 11) is 0. The second-order valence-electron chi connectivity index (χ2n) is 14.3. The summed E-state index contributed by atoms with van der Waals surface area (Å²) in [6, 6.07) is 58.9. The summed E-state index contributed by atoms with van der Waals surface area (Å²) in [6.07, 6.45) is 0. The van der Waals surface area contributed by atoms with Gasteiger partial charge in [0.2, 0.25) is 0 Å². The van der Waals surface area contributed by atoms with Crippen molar-refractivity contribution >= 4 is 145 Å². The van der Waals surface area contributed by atoms with Gasteiger partial charge in [0.15, 0.2) is 0 Å². The molecule has 9 aromatic rings. The molecule has 2 nitrogen and oxygen atoms in total. The Hall–Kier alpha value is -5.11. The molecule has 0 atom stereocenters. The van der Waals surface area contributed by atoms with Crippen molar-refractivity contribution in [3.05, 3.63) is 158 Å². The lowest BCUT2D eigenvalue weighted by Crippen LogP contribution is -2.64. The Kier molecular flexibility index (Phi) is 6.28. The summed E-state index contributed by atoms with van der Waals surface area (Å²) >= 11 is 7.92. The highest BCUT2D eigenvalue weighted by Gasteiger charge is 2.48. The molecule has 250 valence electrons. The van der Waals surface area contributed by atoms with E-state index in [2.05, 4.69) is 168 Å². The summed E-state index contributed by atoms with van der Waals surface area (Å²) in [6.45, 7) is 0.269. The molecule has 13 rings (SSSR count). The van der Waals surface area contributed by atoms with Crippen LogP contribution >= 0.6 is 46.2 Å². The quantitative estimate of drug-likeness (QED) is 0.162. The first kappa shape index (κ1) is 30.2. The van der Waals surface area contributed by atoms with E-state index in [0.717, 1.165) is 0 Å². The molecule has 8 heteroatoms. The van der Waals surface area contributed by atoms with Crippen molar-refractivity contribution in [1.82, 2.24) is 0 Å². The van der Waals surface area contributed by atoms with Crippen molar-refractivity contribution in [3.8, 4) is 0 Å². The van der Waals surface area contributed by atoms with Gasteiger partial charge in [-0.25, -0.2) is 0 Å². The normalized spacial score (nSPS) is 14.4. The number of anilines is 6. The molecule has 0 radical (unpaired) electrons. The summed E-state index contributed by atoms with van der Waals surface area (Å²) in [5.41, 5.74) is 13.3.